The van der Waals surface area contributed by atoms with E-state index in [1.165, 1.54) is 4.90 Å². The van der Waals surface area contributed by atoms with Gasteiger partial charge in [0.05, 0.1) is 0 Å². The maximum Gasteiger partial charge on any atom is 0.116 e. The van der Waals surface area contributed by atoms with Crippen LogP contribution in [0, 0.1) is 6.92 Å². The van der Waals surface area contributed by atoms with Crippen LogP contribution in [0.1, 0.15) is 12.5 Å². The average molecular weight is 244 g/mol. The molecule has 0 spiro atoms. The van der Waals surface area contributed by atoms with Crippen molar-refractivity contribution in [2.75, 3.05) is 5.75 Å². The van der Waals surface area contributed by atoms with Crippen molar-refractivity contribution in [3.05, 3.63) is 48.0 Å². The van der Waals surface area contributed by atoms with E-state index >= 15 is 0 Å². The molecule has 0 aliphatic carbocycles. The highest BCUT2D eigenvalue weighted by Gasteiger charge is 2.01. The molecular formula is C15H16OS. The third-order valence-electron chi connectivity index (χ3n) is 2.56. The number of benzene rings is 2. The van der Waals surface area contributed by atoms with Crippen LogP contribution < -0.4 is 0 Å². The summed E-state index contributed by atoms with van der Waals surface area (Å²) < 4.78 is 0. The summed E-state index contributed by atoms with van der Waals surface area (Å²) in [6.07, 6.45) is 0. The lowest BCUT2D eigenvalue weighted by Crippen LogP contribution is -1.81. The summed E-state index contributed by atoms with van der Waals surface area (Å²) in [6.45, 7) is 4.14. The lowest BCUT2D eigenvalue weighted by atomic mass is 10.0. The minimum Gasteiger partial charge on any atom is -0.508 e. The standard InChI is InChI=1S/C15H16OS/c1-3-17-15-6-4-12(5-7-15)13-8-11(2)9-14(16)10-13/h4-10,16H,3H2,1-2H3. The van der Waals surface area contributed by atoms with Crippen molar-refractivity contribution < 1.29 is 5.11 Å². The van der Waals surface area contributed by atoms with E-state index in [4.69, 9.17) is 0 Å². The van der Waals surface area contributed by atoms with Gasteiger partial charge in [-0.2, -0.15) is 0 Å². The van der Waals surface area contributed by atoms with Gasteiger partial charge < -0.3 is 5.11 Å². The van der Waals surface area contributed by atoms with E-state index < -0.39 is 0 Å². The van der Waals surface area contributed by atoms with E-state index in [9.17, 15) is 5.11 Å². The normalized spacial score (nSPS) is 10.5. The Labute approximate surface area is 107 Å². The van der Waals surface area contributed by atoms with Crippen molar-refractivity contribution in [1.82, 2.24) is 0 Å². The largest absolute Gasteiger partial charge is 0.508 e. The Morgan fingerprint density at radius 3 is 2.29 bits per heavy atom. The maximum atomic E-state index is 9.59. The zero-order valence-electron chi connectivity index (χ0n) is 10.1. The second kappa shape index (κ2) is 5.28. The summed E-state index contributed by atoms with van der Waals surface area (Å²) in [5.74, 6) is 1.41. The monoisotopic (exact) mass is 244 g/mol. The fourth-order valence-corrected chi connectivity index (χ4v) is 2.50. The van der Waals surface area contributed by atoms with Crippen LogP contribution in [0.15, 0.2) is 47.4 Å². The average Bonchev–Trinajstić information content (AvgIpc) is 2.29. The Morgan fingerprint density at radius 2 is 1.71 bits per heavy atom. The fraction of sp³-hybridized carbons (Fsp3) is 0.200. The number of aromatic hydroxyl groups is 1. The zero-order valence-corrected chi connectivity index (χ0v) is 10.9. The molecule has 0 saturated carbocycles. The molecule has 0 bridgehead atoms. The maximum absolute atomic E-state index is 9.59. The lowest BCUT2D eigenvalue weighted by molar-refractivity contribution is 0.475. The van der Waals surface area contributed by atoms with Gasteiger partial charge in [-0.05, 0) is 53.6 Å². The van der Waals surface area contributed by atoms with E-state index in [0.717, 1.165) is 22.4 Å². The fourth-order valence-electron chi connectivity index (χ4n) is 1.84. The molecule has 0 aromatic heterocycles. The van der Waals surface area contributed by atoms with E-state index in [2.05, 4.69) is 37.3 Å². The number of rotatable bonds is 3. The molecule has 2 rings (SSSR count). The van der Waals surface area contributed by atoms with Crippen LogP contribution in [-0.2, 0) is 0 Å². The molecule has 0 amide bonds. The predicted octanol–water partition coefficient (Wildman–Crippen LogP) is 4.48. The van der Waals surface area contributed by atoms with E-state index in [1.807, 2.05) is 18.7 Å². The van der Waals surface area contributed by atoms with Crippen molar-refractivity contribution in [2.45, 2.75) is 18.7 Å². The molecule has 0 aliphatic rings. The van der Waals surface area contributed by atoms with Crippen LogP contribution >= 0.6 is 11.8 Å². The van der Waals surface area contributed by atoms with Crippen LogP contribution in [0.3, 0.4) is 0 Å². The van der Waals surface area contributed by atoms with Gasteiger partial charge >= 0.3 is 0 Å². The molecule has 1 nitrogen and oxygen atoms in total. The van der Waals surface area contributed by atoms with Crippen molar-refractivity contribution in [3.8, 4) is 16.9 Å². The second-order valence-corrected chi connectivity index (χ2v) is 5.35. The molecule has 0 aliphatic heterocycles. The number of hydrogen-bond acceptors (Lipinski definition) is 2. The number of phenolic OH excluding ortho intramolecular Hbond substituents is 1. The van der Waals surface area contributed by atoms with Crippen LogP contribution in [0.25, 0.3) is 11.1 Å². The van der Waals surface area contributed by atoms with Crippen LogP contribution in [-0.4, -0.2) is 10.9 Å². The van der Waals surface area contributed by atoms with Crippen LogP contribution in [0.4, 0.5) is 0 Å². The molecule has 0 heterocycles. The quantitative estimate of drug-likeness (QED) is 0.803. The molecule has 0 atom stereocenters. The van der Waals surface area contributed by atoms with Gasteiger partial charge in [-0.15, -0.1) is 11.8 Å². The summed E-state index contributed by atoms with van der Waals surface area (Å²) in [5, 5.41) is 9.59. The van der Waals surface area contributed by atoms with Gasteiger partial charge in [0.1, 0.15) is 5.75 Å². The Hall–Kier alpha value is -1.41. The minimum atomic E-state index is 0.326. The molecule has 2 aromatic rings. The summed E-state index contributed by atoms with van der Waals surface area (Å²) in [4.78, 5) is 1.29. The van der Waals surface area contributed by atoms with Gasteiger partial charge in [-0.25, -0.2) is 0 Å². The molecule has 88 valence electrons. The van der Waals surface area contributed by atoms with Gasteiger partial charge in [-0.1, -0.05) is 25.1 Å². The lowest BCUT2D eigenvalue weighted by Gasteiger charge is -2.05. The first-order valence-electron chi connectivity index (χ1n) is 5.73. The first-order valence-corrected chi connectivity index (χ1v) is 6.71. The van der Waals surface area contributed by atoms with Gasteiger partial charge in [0.25, 0.3) is 0 Å². The van der Waals surface area contributed by atoms with Gasteiger partial charge in [0.15, 0.2) is 0 Å². The molecule has 2 aromatic carbocycles. The Bertz CT molecular complexity index is 483. The molecule has 0 radical (unpaired) electrons. The molecule has 0 saturated heterocycles. The van der Waals surface area contributed by atoms with Gasteiger partial charge in [0.2, 0.25) is 0 Å². The first-order chi connectivity index (χ1) is 8.19. The molecule has 0 fully saturated rings. The Balaban J connectivity index is 2.32. The summed E-state index contributed by atoms with van der Waals surface area (Å²) >= 11 is 1.84. The highest BCUT2D eigenvalue weighted by molar-refractivity contribution is 7.99. The molecule has 2 heteroatoms. The smallest absolute Gasteiger partial charge is 0.116 e. The summed E-state index contributed by atoms with van der Waals surface area (Å²) in [6, 6.07) is 14.1. The van der Waals surface area contributed by atoms with E-state index in [-0.39, 0.29) is 0 Å². The van der Waals surface area contributed by atoms with Crippen molar-refractivity contribution in [2.24, 2.45) is 0 Å². The third-order valence-corrected chi connectivity index (χ3v) is 3.45. The number of phenols is 1. The highest BCUT2D eigenvalue weighted by atomic mass is 32.2. The second-order valence-electron chi connectivity index (χ2n) is 4.01. The highest BCUT2D eigenvalue weighted by Crippen LogP contribution is 2.27. The topological polar surface area (TPSA) is 20.2 Å². The Kier molecular flexibility index (Phi) is 3.75. The molecule has 0 unspecified atom stereocenters. The Morgan fingerprint density at radius 1 is 1.00 bits per heavy atom. The number of aryl methyl sites for hydroxylation is 1. The van der Waals surface area contributed by atoms with Gasteiger partial charge in [-0.3, -0.25) is 0 Å². The molecule has 17 heavy (non-hydrogen) atoms. The number of thioether (sulfide) groups is 1. The molecule has 1 N–H and O–H groups in total. The van der Waals surface area contributed by atoms with Crippen LogP contribution in [0.2, 0.25) is 0 Å². The van der Waals surface area contributed by atoms with Gasteiger partial charge in [0, 0.05) is 4.90 Å². The first kappa shape index (κ1) is 12.1. The SMILES string of the molecule is CCSc1ccc(-c2cc(C)cc(O)c2)cc1. The van der Waals surface area contributed by atoms with Crippen molar-refractivity contribution in [3.63, 3.8) is 0 Å². The van der Waals surface area contributed by atoms with Crippen LogP contribution in [0.5, 0.6) is 5.75 Å². The van der Waals surface area contributed by atoms with E-state index in [1.54, 1.807) is 12.1 Å². The minimum absolute atomic E-state index is 0.326. The summed E-state index contributed by atoms with van der Waals surface area (Å²) in [7, 11) is 0. The number of hydrogen-bond donors (Lipinski definition) is 1. The summed E-state index contributed by atoms with van der Waals surface area (Å²) in [5.41, 5.74) is 3.28. The molecular weight excluding hydrogens is 228 g/mol. The van der Waals surface area contributed by atoms with E-state index in [0.29, 0.717) is 5.75 Å². The van der Waals surface area contributed by atoms with Crippen molar-refractivity contribution in [1.29, 1.82) is 0 Å². The predicted molar refractivity (Wildman–Crippen MR) is 74.7 cm³/mol. The zero-order chi connectivity index (χ0) is 12.3. The van der Waals surface area contributed by atoms with Crippen molar-refractivity contribution >= 4 is 11.8 Å². The third kappa shape index (κ3) is 3.04.